The van der Waals surface area contributed by atoms with Gasteiger partial charge in [-0.25, -0.2) is 4.79 Å². The second-order valence-corrected chi connectivity index (χ2v) is 6.67. The Labute approximate surface area is 175 Å². The number of carbonyl (C=O) groups is 3. The lowest BCUT2D eigenvalue weighted by molar-refractivity contribution is -0.138. The summed E-state index contributed by atoms with van der Waals surface area (Å²) in [5, 5.41) is 3.44. The van der Waals surface area contributed by atoms with E-state index in [1.807, 2.05) is 6.07 Å². The van der Waals surface area contributed by atoms with Crippen LogP contribution in [-0.4, -0.2) is 29.5 Å². The zero-order valence-electron chi connectivity index (χ0n) is 16.6. The van der Waals surface area contributed by atoms with Crippen LogP contribution < -0.4 is 15.5 Å². The van der Waals surface area contributed by atoms with Crippen molar-refractivity contribution >= 4 is 23.9 Å². The molecule has 154 valence electrons. The van der Waals surface area contributed by atoms with Crippen molar-refractivity contribution in [1.29, 1.82) is 0 Å². The summed E-state index contributed by atoms with van der Waals surface area (Å²) < 4.78 is 5.40. The van der Waals surface area contributed by atoms with Gasteiger partial charge in [0, 0.05) is 6.08 Å². The SMILES string of the molecule is C=CCOc1ccc(/C=C/C(=O)NN2C(=O)N[C@](CC)(c3ccccc3)C2=O)cc1. The number of urea groups is 1. The maximum atomic E-state index is 13.0. The van der Waals surface area contributed by atoms with Gasteiger partial charge in [-0.2, -0.15) is 5.01 Å². The summed E-state index contributed by atoms with van der Waals surface area (Å²) in [7, 11) is 0. The van der Waals surface area contributed by atoms with Gasteiger partial charge in [-0.1, -0.05) is 62.0 Å². The van der Waals surface area contributed by atoms with Crippen molar-refractivity contribution in [1.82, 2.24) is 15.8 Å². The molecule has 0 bridgehead atoms. The smallest absolute Gasteiger partial charge is 0.344 e. The first kappa shape index (κ1) is 20.9. The minimum Gasteiger partial charge on any atom is -0.490 e. The molecular formula is C23H23N3O4. The van der Waals surface area contributed by atoms with Gasteiger partial charge in [0.2, 0.25) is 0 Å². The van der Waals surface area contributed by atoms with E-state index in [0.29, 0.717) is 24.3 Å². The van der Waals surface area contributed by atoms with Crippen LogP contribution in [0.5, 0.6) is 5.75 Å². The van der Waals surface area contributed by atoms with Crippen molar-refractivity contribution in [2.75, 3.05) is 6.61 Å². The van der Waals surface area contributed by atoms with Gasteiger partial charge in [0.1, 0.15) is 17.9 Å². The number of amides is 4. The van der Waals surface area contributed by atoms with E-state index in [1.165, 1.54) is 6.08 Å². The van der Waals surface area contributed by atoms with E-state index < -0.39 is 23.4 Å². The third-order valence-electron chi connectivity index (χ3n) is 4.79. The Kier molecular flexibility index (Phi) is 6.32. The molecule has 2 aromatic rings. The maximum Gasteiger partial charge on any atom is 0.344 e. The second-order valence-electron chi connectivity index (χ2n) is 6.67. The van der Waals surface area contributed by atoms with E-state index in [0.717, 1.165) is 10.6 Å². The molecule has 4 amide bonds. The van der Waals surface area contributed by atoms with Crippen molar-refractivity contribution in [3.05, 3.63) is 84.5 Å². The monoisotopic (exact) mass is 405 g/mol. The summed E-state index contributed by atoms with van der Waals surface area (Å²) in [6, 6.07) is 15.4. The summed E-state index contributed by atoms with van der Waals surface area (Å²) in [6.07, 6.45) is 4.84. The molecule has 1 heterocycles. The first-order chi connectivity index (χ1) is 14.5. The Balaban J connectivity index is 1.67. The van der Waals surface area contributed by atoms with E-state index in [1.54, 1.807) is 67.6 Å². The topological polar surface area (TPSA) is 87.7 Å². The van der Waals surface area contributed by atoms with Crippen molar-refractivity contribution in [3.63, 3.8) is 0 Å². The Morgan fingerprint density at radius 2 is 1.87 bits per heavy atom. The van der Waals surface area contributed by atoms with Crippen LogP contribution in [0.2, 0.25) is 0 Å². The number of nitrogens with one attached hydrogen (secondary N) is 2. The fourth-order valence-electron chi connectivity index (χ4n) is 3.19. The number of benzene rings is 2. The average molecular weight is 405 g/mol. The molecule has 0 unspecified atom stereocenters. The van der Waals surface area contributed by atoms with Gasteiger partial charge in [-0.3, -0.25) is 15.0 Å². The summed E-state index contributed by atoms with van der Waals surface area (Å²) >= 11 is 0. The number of hydrogen-bond donors (Lipinski definition) is 2. The van der Waals surface area contributed by atoms with Gasteiger partial charge in [-0.15, -0.1) is 0 Å². The van der Waals surface area contributed by atoms with Gasteiger partial charge in [0.15, 0.2) is 0 Å². The molecule has 1 aliphatic rings. The summed E-state index contributed by atoms with van der Waals surface area (Å²) in [6.45, 7) is 5.80. The molecule has 0 radical (unpaired) electrons. The third kappa shape index (κ3) is 4.25. The Morgan fingerprint density at radius 1 is 1.17 bits per heavy atom. The number of carbonyl (C=O) groups excluding carboxylic acids is 3. The zero-order chi connectivity index (χ0) is 21.6. The van der Waals surface area contributed by atoms with Crippen molar-refractivity contribution in [3.8, 4) is 5.75 Å². The largest absolute Gasteiger partial charge is 0.490 e. The molecular weight excluding hydrogens is 382 g/mol. The molecule has 2 aromatic carbocycles. The van der Waals surface area contributed by atoms with Crippen molar-refractivity contribution in [2.24, 2.45) is 0 Å². The fourth-order valence-corrected chi connectivity index (χ4v) is 3.19. The van der Waals surface area contributed by atoms with Gasteiger partial charge >= 0.3 is 6.03 Å². The van der Waals surface area contributed by atoms with Crippen molar-refractivity contribution in [2.45, 2.75) is 18.9 Å². The summed E-state index contributed by atoms with van der Waals surface area (Å²) in [4.78, 5) is 37.7. The van der Waals surface area contributed by atoms with Crippen LogP contribution in [0.4, 0.5) is 4.79 Å². The van der Waals surface area contributed by atoms with E-state index in [4.69, 9.17) is 4.74 Å². The highest BCUT2D eigenvalue weighted by molar-refractivity contribution is 6.09. The van der Waals surface area contributed by atoms with Gasteiger partial charge < -0.3 is 10.1 Å². The molecule has 7 heteroatoms. The quantitative estimate of drug-likeness (QED) is 0.401. The minimum atomic E-state index is -1.20. The fraction of sp³-hybridized carbons (Fsp3) is 0.174. The zero-order valence-corrected chi connectivity index (χ0v) is 16.6. The van der Waals surface area contributed by atoms with E-state index in [9.17, 15) is 14.4 Å². The Morgan fingerprint density at radius 3 is 2.50 bits per heavy atom. The number of hydrogen-bond acceptors (Lipinski definition) is 4. The number of ether oxygens (including phenoxy) is 1. The maximum absolute atomic E-state index is 13.0. The van der Waals surface area contributed by atoms with Crippen LogP contribution in [0.3, 0.4) is 0 Å². The minimum absolute atomic E-state index is 0.351. The molecule has 30 heavy (non-hydrogen) atoms. The van der Waals surface area contributed by atoms with Crippen LogP contribution in [0.15, 0.2) is 73.3 Å². The number of imide groups is 1. The highest BCUT2D eigenvalue weighted by Gasteiger charge is 2.52. The Bertz CT molecular complexity index is 970. The molecule has 0 aliphatic carbocycles. The molecule has 0 aromatic heterocycles. The normalized spacial score (nSPS) is 18.4. The Hall–Kier alpha value is -3.87. The van der Waals surface area contributed by atoms with Crippen LogP contribution in [0.1, 0.15) is 24.5 Å². The van der Waals surface area contributed by atoms with Gasteiger partial charge in [0.25, 0.3) is 11.8 Å². The summed E-state index contributed by atoms with van der Waals surface area (Å²) in [5.74, 6) is -0.426. The molecule has 1 atom stereocenters. The van der Waals surface area contributed by atoms with E-state index in [-0.39, 0.29) is 0 Å². The third-order valence-corrected chi connectivity index (χ3v) is 4.79. The first-order valence-electron chi connectivity index (χ1n) is 9.55. The van der Waals surface area contributed by atoms with Crippen LogP contribution in [0.25, 0.3) is 6.08 Å². The van der Waals surface area contributed by atoms with Crippen molar-refractivity contribution < 1.29 is 19.1 Å². The lowest BCUT2D eigenvalue weighted by atomic mass is 9.87. The van der Waals surface area contributed by atoms with Gasteiger partial charge in [-0.05, 0) is 35.8 Å². The molecule has 7 nitrogen and oxygen atoms in total. The standard InChI is InChI=1S/C23H23N3O4/c1-3-16-30-19-13-10-17(11-14-19)12-15-20(27)25-26-21(28)23(4-2,24-22(26)29)18-8-6-5-7-9-18/h3,5-15H,1,4,16H2,2H3,(H,24,29)(H,25,27)/b15-12+/t23-/m1/s1. The molecule has 0 spiro atoms. The number of nitrogens with zero attached hydrogens (tertiary/aromatic N) is 1. The molecule has 2 N–H and O–H groups in total. The molecule has 1 aliphatic heterocycles. The van der Waals surface area contributed by atoms with E-state index >= 15 is 0 Å². The second kappa shape index (κ2) is 9.09. The highest BCUT2D eigenvalue weighted by Crippen LogP contribution is 2.31. The summed E-state index contributed by atoms with van der Waals surface area (Å²) in [5.41, 5.74) is 2.59. The molecule has 1 fully saturated rings. The van der Waals surface area contributed by atoms with E-state index in [2.05, 4.69) is 17.3 Å². The predicted octanol–water partition coefficient (Wildman–Crippen LogP) is 3.15. The predicted molar refractivity (Wildman–Crippen MR) is 113 cm³/mol. The number of hydrazine groups is 1. The van der Waals surface area contributed by atoms with Gasteiger partial charge in [0.05, 0.1) is 0 Å². The van der Waals surface area contributed by atoms with Crippen LogP contribution >= 0.6 is 0 Å². The molecule has 3 rings (SSSR count). The lowest BCUT2D eigenvalue weighted by Gasteiger charge is -2.25. The lowest BCUT2D eigenvalue weighted by Crippen LogP contribution is -2.48. The molecule has 1 saturated heterocycles. The highest BCUT2D eigenvalue weighted by atomic mass is 16.5. The first-order valence-corrected chi connectivity index (χ1v) is 9.55. The molecule has 0 saturated carbocycles. The average Bonchev–Trinajstić information content (AvgIpc) is 3.02. The van der Waals surface area contributed by atoms with Crippen LogP contribution in [-0.2, 0) is 15.1 Å². The number of rotatable bonds is 8. The van der Waals surface area contributed by atoms with Crippen LogP contribution in [0, 0.1) is 0 Å².